The zero-order valence-corrected chi connectivity index (χ0v) is 25.3. The number of alkyl halides is 3. The Hall–Kier alpha value is -2.61. The maximum absolute atomic E-state index is 13.4. The van der Waals surface area contributed by atoms with Crippen molar-refractivity contribution in [1.82, 2.24) is 10.2 Å². The highest BCUT2D eigenvalue weighted by Crippen LogP contribution is 2.44. The lowest BCUT2D eigenvalue weighted by Gasteiger charge is -2.17. The van der Waals surface area contributed by atoms with Crippen molar-refractivity contribution >= 4 is 11.3 Å². The van der Waals surface area contributed by atoms with Gasteiger partial charge in [0.2, 0.25) is 11.8 Å². The monoisotopic (exact) mass is 553 g/mol. The van der Waals surface area contributed by atoms with E-state index in [4.69, 9.17) is 14.9 Å². The van der Waals surface area contributed by atoms with Crippen LogP contribution in [0.4, 0.5) is 13.2 Å². The second-order valence-electron chi connectivity index (χ2n) is 9.23. The minimum absolute atomic E-state index is 0.0974. The number of aromatic nitrogens is 2. The Morgan fingerprint density at radius 2 is 1.59 bits per heavy atom. The van der Waals surface area contributed by atoms with Gasteiger partial charge in [-0.3, -0.25) is 0 Å². The van der Waals surface area contributed by atoms with Gasteiger partial charge in [0.25, 0.3) is 0 Å². The van der Waals surface area contributed by atoms with Crippen molar-refractivity contribution in [1.29, 1.82) is 0 Å². The third-order valence-electron chi connectivity index (χ3n) is 5.63. The van der Waals surface area contributed by atoms with Gasteiger partial charge in [-0.25, -0.2) is 0 Å². The smallest absolute Gasteiger partial charge is 0.416 e. The van der Waals surface area contributed by atoms with Crippen LogP contribution in [0.5, 0.6) is 0 Å². The van der Waals surface area contributed by atoms with Crippen LogP contribution in [-0.4, -0.2) is 23.4 Å². The summed E-state index contributed by atoms with van der Waals surface area (Å²) in [6.07, 6.45) is 5.19. The summed E-state index contributed by atoms with van der Waals surface area (Å²) >= 11 is 0. The average Bonchev–Trinajstić information content (AvgIpc) is 3.66. The summed E-state index contributed by atoms with van der Waals surface area (Å²) in [5.74, 6) is 0.733. The van der Waals surface area contributed by atoms with E-state index in [9.17, 15) is 13.2 Å². The van der Waals surface area contributed by atoms with Gasteiger partial charge in [-0.1, -0.05) is 67.4 Å². The minimum Gasteiger partial charge on any atom is -0.421 e. The number of rotatable bonds is 10. The molecule has 8 heteroatoms. The van der Waals surface area contributed by atoms with Crippen molar-refractivity contribution in [3.05, 3.63) is 58.8 Å². The van der Waals surface area contributed by atoms with Crippen LogP contribution in [0.3, 0.4) is 0 Å². The normalized spacial score (nSPS) is 12.8. The van der Waals surface area contributed by atoms with Crippen molar-refractivity contribution in [3.63, 3.8) is 0 Å². The van der Waals surface area contributed by atoms with Crippen LogP contribution in [0.25, 0.3) is 11.3 Å². The first kappa shape index (κ1) is 36.4. The Balaban J connectivity index is 0.000000859. The number of hydrogen-bond acceptors (Lipinski definition) is 5. The highest BCUT2D eigenvalue weighted by Gasteiger charge is 2.35. The Morgan fingerprint density at radius 1 is 1.03 bits per heavy atom. The second-order valence-corrected chi connectivity index (χ2v) is 9.23. The first-order valence-electron chi connectivity index (χ1n) is 14.3. The maximum atomic E-state index is 13.4. The fourth-order valence-corrected chi connectivity index (χ4v) is 3.48. The van der Waals surface area contributed by atoms with Crippen LogP contribution in [0, 0.1) is 13.8 Å². The fourth-order valence-electron chi connectivity index (χ4n) is 3.48. The highest BCUT2D eigenvalue weighted by molar-refractivity contribution is 5.80. The second kappa shape index (κ2) is 19.4. The molecule has 1 aromatic heterocycles. The van der Waals surface area contributed by atoms with Gasteiger partial charge in [0.15, 0.2) is 0 Å². The molecule has 1 heterocycles. The molecule has 0 saturated heterocycles. The standard InChI is InChI=1S/C18H18F3N3O.C6H14O.C5H12.C2H6/c1-9(17-24-23-11(3)25-17)6-16(22)14-7-13(12-4-5-12)8-15(10(14)2)18(19,20)21;1-3-5-7-6-4-2;1-3-5-4-2;1-2/h6-8,12H,1,4-5,22H2,2-3H3;3-6H2,1-2H3;3-5H2,1-2H3;1-2H3/b16-6+;;;. The van der Waals surface area contributed by atoms with Gasteiger partial charge in [-0.05, 0) is 67.9 Å². The lowest BCUT2D eigenvalue weighted by molar-refractivity contribution is -0.138. The minimum atomic E-state index is -4.43. The number of ether oxygens (including phenoxy) is 1. The van der Waals surface area contributed by atoms with Crippen molar-refractivity contribution in [2.45, 2.75) is 112 Å². The molecule has 1 fully saturated rings. The molecule has 0 unspecified atom stereocenters. The average molecular weight is 554 g/mol. The molecule has 39 heavy (non-hydrogen) atoms. The Bertz CT molecular complexity index is 987. The fraction of sp³-hybridized carbons (Fsp3) is 0.613. The lowest BCUT2D eigenvalue weighted by Crippen LogP contribution is -2.12. The Kier molecular flexibility index (Phi) is 18.1. The van der Waals surface area contributed by atoms with Crippen LogP contribution >= 0.6 is 0 Å². The zero-order valence-electron chi connectivity index (χ0n) is 25.3. The first-order chi connectivity index (χ1) is 18.5. The number of halogens is 3. The summed E-state index contributed by atoms with van der Waals surface area (Å²) in [6, 6.07) is 2.97. The lowest BCUT2D eigenvalue weighted by atomic mass is 9.94. The van der Waals surface area contributed by atoms with Gasteiger partial charge in [-0.2, -0.15) is 13.2 Å². The summed E-state index contributed by atoms with van der Waals surface area (Å²) in [6.45, 7) is 21.4. The molecule has 222 valence electrons. The van der Waals surface area contributed by atoms with Gasteiger partial charge in [0, 0.05) is 37.0 Å². The summed E-state index contributed by atoms with van der Waals surface area (Å²) in [5.41, 5.74) is 7.09. The van der Waals surface area contributed by atoms with Gasteiger partial charge in [0.05, 0.1) is 5.56 Å². The van der Waals surface area contributed by atoms with Crippen molar-refractivity contribution in [2.24, 2.45) is 5.73 Å². The Labute approximate surface area is 234 Å². The molecule has 0 spiro atoms. The SMILES string of the molecule is C=C(/C=C(/N)c1cc(C2CC2)cc(C(F)(F)F)c1C)c1nnc(C)o1.CC.CCCCC.CCCOCCC. The third kappa shape index (κ3) is 13.8. The molecule has 2 N–H and O–H groups in total. The van der Waals surface area contributed by atoms with E-state index in [-0.39, 0.29) is 23.1 Å². The third-order valence-corrected chi connectivity index (χ3v) is 5.63. The van der Waals surface area contributed by atoms with Crippen molar-refractivity contribution in [2.75, 3.05) is 13.2 Å². The van der Waals surface area contributed by atoms with Gasteiger partial charge in [0.1, 0.15) is 0 Å². The molecule has 1 aliphatic rings. The number of allylic oxidation sites excluding steroid dienone is 2. The molecule has 0 aliphatic heterocycles. The molecule has 1 saturated carbocycles. The zero-order chi connectivity index (χ0) is 30.0. The molecule has 0 radical (unpaired) electrons. The number of nitrogens with zero attached hydrogens (tertiary/aromatic N) is 2. The van der Waals surface area contributed by atoms with Crippen LogP contribution in [-0.2, 0) is 10.9 Å². The number of unbranched alkanes of at least 4 members (excludes halogenated alkanes) is 2. The van der Waals surface area contributed by atoms with E-state index >= 15 is 0 Å². The topological polar surface area (TPSA) is 74.2 Å². The van der Waals surface area contributed by atoms with Gasteiger partial charge in [-0.15, -0.1) is 10.2 Å². The van der Waals surface area contributed by atoms with Crippen LogP contribution in [0.15, 0.2) is 29.2 Å². The van der Waals surface area contributed by atoms with E-state index in [1.54, 1.807) is 13.0 Å². The van der Waals surface area contributed by atoms with E-state index in [0.29, 0.717) is 22.6 Å². The quantitative estimate of drug-likeness (QED) is 0.234. The van der Waals surface area contributed by atoms with Gasteiger partial charge < -0.3 is 14.9 Å². The van der Waals surface area contributed by atoms with E-state index in [0.717, 1.165) is 38.9 Å². The predicted octanol–water partition coefficient (Wildman–Crippen LogP) is 9.64. The van der Waals surface area contributed by atoms with Crippen molar-refractivity contribution < 1.29 is 22.3 Å². The van der Waals surface area contributed by atoms with E-state index in [2.05, 4.69) is 44.5 Å². The Morgan fingerprint density at radius 3 is 1.97 bits per heavy atom. The summed E-state index contributed by atoms with van der Waals surface area (Å²) < 4.78 is 50.5. The van der Waals surface area contributed by atoms with Gasteiger partial charge >= 0.3 is 6.18 Å². The highest BCUT2D eigenvalue weighted by atomic mass is 19.4. The molecule has 2 aromatic rings. The summed E-state index contributed by atoms with van der Waals surface area (Å²) in [5, 5.41) is 7.53. The number of aryl methyl sites for hydroxylation is 1. The molecule has 1 aromatic carbocycles. The predicted molar refractivity (Wildman–Crippen MR) is 156 cm³/mol. The molecular weight excluding hydrogens is 503 g/mol. The number of nitrogens with two attached hydrogens (primary N) is 1. The van der Waals surface area contributed by atoms with E-state index in [1.807, 2.05) is 13.8 Å². The van der Waals surface area contributed by atoms with E-state index in [1.165, 1.54) is 38.3 Å². The molecule has 0 amide bonds. The molecule has 3 rings (SSSR count). The van der Waals surface area contributed by atoms with E-state index < -0.39 is 11.7 Å². The van der Waals surface area contributed by atoms with Crippen LogP contribution < -0.4 is 5.73 Å². The largest absolute Gasteiger partial charge is 0.421 e. The molecular formula is C31H50F3N3O2. The van der Waals surface area contributed by atoms with Crippen molar-refractivity contribution in [3.8, 4) is 0 Å². The van der Waals surface area contributed by atoms with Crippen LogP contribution in [0.2, 0.25) is 0 Å². The number of hydrogen-bond donors (Lipinski definition) is 1. The first-order valence-corrected chi connectivity index (χ1v) is 14.3. The van der Waals surface area contributed by atoms with Crippen LogP contribution in [0.1, 0.15) is 126 Å². The summed E-state index contributed by atoms with van der Waals surface area (Å²) in [7, 11) is 0. The molecule has 0 bridgehead atoms. The molecule has 1 aliphatic carbocycles. The maximum Gasteiger partial charge on any atom is 0.416 e. The number of benzene rings is 1. The molecule has 5 nitrogen and oxygen atoms in total. The summed E-state index contributed by atoms with van der Waals surface area (Å²) in [4.78, 5) is 0. The molecule has 0 atom stereocenters.